The third-order valence-electron chi connectivity index (χ3n) is 8.81. The van der Waals surface area contributed by atoms with Crippen LogP contribution in [0, 0.1) is 5.92 Å². The molecule has 0 amide bonds. The maximum atomic E-state index is 6.67. The highest BCUT2D eigenvalue weighted by atomic mass is 28.4. The third-order valence-corrected chi connectivity index (χ3v) is 13.4. The SMILES string of the molecule is C[C@@H](/C=C/C[C@@H]1CCC[C@]2(CCC[C@@H](CCCCOCc3ccccc3)O2)O1)CCO[Si](C)(C)C(C)(C)C. The van der Waals surface area contributed by atoms with Crippen LogP contribution in [0.2, 0.25) is 18.1 Å². The Morgan fingerprint density at radius 2 is 1.68 bits per heavy atom. The molecule has 1 aromatic rings. The molecule has 1 spiro atoms. The number of hydrogen-bond acceptors (Lipinski definition) is 4. The molecule has 2 saturated heterocycles. The van der Waals surface area contributed by atoms with E-state index in [1.165, 1.54) is 18.4 Å². The Kier molecular flexibility index (Phi) is 12.6. The maximum Gasteiger partial charge on any atom is 0.191 e. The Morgan fingerprint density at radius 3 is 2.39 bits per heavy atom. The Bertz CT molecular complexity index is 814. The lowest BCUT2D eigenvalue weighted by Gasteiger charge is -2.46. The summed E-state index contributed by atoms with van der Waals surface area (Å²) >= 11 is 0. The molecule has 0 saturated carbocycles. The first-order valence-electron chi connectivity index (χ1n) is 15.4. The molecule has 38 heavy (non-hydrogen) atoms. The average molecular weight is 545 g/mol. The lowest BCUT2D eigenvalue weighted by molar-refractivity contribution is -0.314. The molecule has 0 aliphatic carbocycles. The maximum absolute atomic E-state index is 6.67. The molecule has 5 heteroatoms. The number of allylic oxidation sites excluding steroid dienone is 1. The minimum atomic E-state index is -1.65. The van der Waals surface area contributed by atoms with Crippen molar-refractivity contribution in [3.8, 4) is 0 Å². The highest BCUT2D eigenvalue weighted by molar-refractivity contribution is 6.74. The number of rotatable bonds is 14. The van der Waals surface area contributed by atoms with E-state index in [1.54, 1.807) is 0 Å². The van der Waals surface area contributed by atoms with Crippen molar-refractivity contribution in [2.45, 2.75) is 141 Å². The van der Waals surface area contributed by atoms with Crippen LogP contribution in [-0.2, 0) is 25.2 Å². The fourth-order valence-corrected chi connectivity index (χ4v) is 6.36. The zero-order valence-corrected chi connectivity index (χ0v) is 26.3. The van der Waals surface area contributed by atoms with Crippen molar-refractivity contribution >= 4 is 8.32 Å². The largest absolute Gasteiger partial charge is 0.417 e. The molecule has 0 N–H and O–H groups in total. The summed E-state index contributed by atoms with van der Waals surface area (Å²) in [5, 5.41) is 0.275. The second-order valence-corrected chi connectivity index (χ2v) is 18.1. The summed E-state index contributed by atoms with van der Waals surface area (Å²) < 4.78 is 25.6. The van der Waals surface area contributed by atoms with Crippen molar-refractivity contribution in [2.24, 2.45) is 5.92 Å². The minimum Gasteiger partial charge on any atom is -0.417 e. The van der Waals surface area contributed by atoms with Gasteiger partial charge in [-0.3, -0.25) is 0 Å². The molecular formula is C33H56O4Si. The lowest BCUT2D eigenvalue weighted by Crippen LogP contribution is -2.47. The lowest BCUT2D eigenvalue weighted by atomic mass is 9.91. The van der Waals surface area contributed by atoms with Crippen LogP contribution >= 0.6 is 0 Å². The normalized spacial score (nSPS) is 25.7. The summed E-state index contributed by atoms with van der Waals surface area (Å²) in [6, 6.07) is 10.4. The molecule has 0 unspecified atom stereocenters. The van der Waals surface area contributed by atoms with Gasteiger partial charge in [-0.15, -0.1) is 0 Å². The van der Waals surface area contributed by atoms with Crippen molar-refractivity contribution in [1.82, 2.24) is 0 Å². The van der Waals surface area contributed by atoms with Crippen molar-refractivity contribution in [2.75, 3.05) is 13.2 Å². The summed E-state index contributed by atoms with van der Waals surface area (Å²) in [7, 11) is -1.65. The molecular weight excluding hydrogens is 488 g/mol. The molecule has 2 fully saturated rings. The van der Waals surface area contributed by atoms with Crippen LogP contribution in [0.25, 0.3) is 0 Å². The summed E-state index contributed by atoms with van der Waals surface area (Å²) in [6.07, 6.45) is 17.5. The zero-order valence-electron chi connectivity index (χ0n) is 25.3. The molecule has 2 heterocycles. The van der Waals surface area contributed by atoms with Gasteiger partial charge in [-0.25, -0.2) is 0 Å². The van der Waals surface area contributed by atoms with E-state index in [1.807, 2.05) is 6.07 Å². The fourth-order valence-electron chi connectivity index (χ4n) is 5.30. The molecule has 1 aromatic carbocycles. The molecule has 0 radical (unpaired) electrons. The first-order valence-corrected chi connectivity index (χ1v) is 18.3. The number of hydrogen-bond donors (Lipinski definition) is 0. The topological polar surface area (TPSA) is 36.9 Å². The smallest absolute Gasteiger partial charge is 0.191 e. The first kappa shape index (κ1) is 31.5. The average Bonchev–Trinajstić information content (AvgIpc) is 2.86. The van der Waals surface area contributed by atoms with Gasteiger partial charge in [0.15, 0.2) is 14.1 Å². The van der Waals surface area contributed by atoms with E-state index in [0.29, 0.717) is 18.6 Å². The van der Waals surface area contributed by atoms with Crippen LogP contribution in [0.5, 0.6) is 0 Å². The van der Waals surface area contributed by atoms with Gasteiger partial charge >= 0.3 is 0 Å². The predicted octanol–water partition coefficient (Wildman–Crippen LogP) is 9.20. The Labute approximate surface area is 235 Å². The Morgan fingerprint density at radius 1 is 1.00 bits per heavy atom. The van der Waals surface area contributed by atoms with Gasteiger partial charge < -0.3 is 18.6 Å². The van der Waals surface area contributed by atoms with Gasteiger partial charge in [-0.05, 0) is 87.4 Å². The van der Waals surface area contributed by atoms with E-state index in [2.05, 4.69) is 77.2 Å². The second-order valence-electron chi connectivity index (χ2n) is 13.2. The highest BCUT2D eigenvalue weighted by Gasteiger charge is 2.42. The van der Waals surface area contributed by atoms with Crippen LogP contribution < -0.4 is 0 Å². The second kappa shape index (κ2) is 15.1. The van der Waals surface area contributed by atoms with Crippen LogP contribution in [-0.4, -0.2) is 39.5 Å². The predicted molar refractivity (Wildman–Crippen MR) is 161 cm³/mol. The van der Waals surface area contributed by atoms with Gasteiger partial charge in [0, 0.05) is 26.1 Å². The molecule has 2 aliphatic heterocycles. The first-order chi connectivity index (χ1) is 18.1. The zero-order chi connectivity index (χ0) is 27.5. The van der Waals surface area contributed by atoms with Gasteiger partial charge in [0.25, 0.3) is 0 Å². The van der Waals surface area contributed by atoms with E-state index in [9.17, 15) is 0 Å². The van der Waals surface area contributed by atoms with Gasteiger partial charge in [-0.2, -0.15) is 0 Å². The minimum absolute atomic E-state index is 0.275. The fraction of sp³-hybridized carbons (Fsp3) is 0.758. The van der Waals surface area contributed by atoms with Crippen LogP contribution in [0.15, 0.2) is 42.5 Å². The van der Waals surface area contributed by atoms with Crippen LogP contribution in [0.3, 0.4) is 0 Å². The van der Waals surface area contributed by atoms with Gasteiger partial charge in [-0.1, -0.05) is 70.2 Å². The third kappa shape index (κ3) is 10.5. The van der Waals surface area contributed by atoms with E-state index in [4.69, 9.17) is 18.6 Å². The van der Waals surface area contributed by atoms with E-state index in [-0.39, 0.29) is 16.9 Å². The Balaban J connectivity index is 1.32. The molecule has 2 aliphatic rings. The number of benzene rings is 1. The number of unbranched alkanes of at least 4 members (excludes halogenated alkanes) is 1. The summed E-state index contributed by atoms with van der Waals surface area (Å²) in [4.78, 5) is 0. The number of ether oxygens (including phenoxy) is 3. The van der Waals surface area contributed by atoms with Gasteiger partial charge in [0.05, 0.1) is 18.8 Å². The summed E-state index contributed by atoms with van der Waals surface area (Å²) in [5.41, 5.74) is 1.24. The van der Waals surface area contributed by atoms with E-state index in [0.717, 1.165) is 71.0 Å². The monoisotopic (exact) mass is 544 g/mol. The molecule has 0 aromatic heterocycles. The molecule has 4 atom stereocenters. The van der Waals surface area contributed by atoms with Gasteiger partial charge in [0.2, 0.25) is 0 Å². The van der Waals surface area contributed by atoms with Crippen molar-refractivity contribution in [1.29, 1.82) is 0 Å². The summed E-state index contributed by atoms with van der Waals surface area (Å²) in [6.45, 7) is 16.3. The van der Waals surface area contributed by atoms with Crippen molar-refractivity contribution in [3.63, 3.8) is 0 Å². The molecule has 4 nitrogen and oxygen atoms in total. The van der Waals surface area contributed by atoms with E-state index >= 15 is 0 Å². The van der Waals surface area contributed by atoms with Crippen LogP contribution in [0.1, 0.15) is 104 Å². The summed E-state index contributed by atoms with van der Waals surface area (Å²) in [5.74, 6) is 0.191. The van der Waals surface area contributed by atoms with Crippen molar-refractivity contribution in [3.05, 3.63) is 48.0 Å². The standard InChI is InChI=1S/C33H56O4Si/c1-28(22-26-35-38(5,6)32(2,3)4)15-12-19-31-21-14-24-33(37-31)23-13-20-30(36-33)18-10-11-25-34-27-29-16-8-7-9-17-29/h7-9,12,15-17,28,30-31H,10-11,13-14,18-27H2,1-6H3/b15-12+/t28-,30+,31+,33-/m0/s1. The van der Waals surface area contributed by atoms with Crippen LogP contribution in [0.4, 0.5) is 0 Å². The van der Waals surface area contributed by atoms with Gasteiger partial charge in [0.1, 0.15) is 0 Å². The quantitative estimate of drug-likeness (QED) is 0.133. The molecule has 216 valence electrons. The molecule has 0 bridgehead atoms. The Hall–Kier alpha value is -0.983. The highest BCUT2D eigenvalue weighted by Crippen LogP contribution is 2.41. The van der Waals surface area contributed by atoms with Crippen molar-refractivity contribution < 1.29 is 18.6 Å². The van der Waals surface area contributed by atoms with E-state index < -0.39 is 8.32 Å². The molecule has 3 rings (SSSR count).